The molecule has 1 unspecified atom stereocenters. The minimum Gasteiger partial charge on any atom is -0.506 e. The molecule has 0 aliphatic rings. The average molecular weight is 477 g/mol. The molecule has 168 valence electrons. The third kappa shape index (κ3) is 6.08. The van der Waals surface area contributed by atoms with Crippen LogP contribution in [0.25, 0.3) is 10.8 Å². The highest BCUT2D eigenvalue weighted by atomic mass is 35.5. The highest BCUT2D eigenvalue weighted by molar-refractivity contribution is 7.52. The van der Waals surface area contributed by atoms with Crippen molar-refractivity contribution in [2.75, 3.05) is 19.4 Å². The molecule has 0 saturated heterocycles. The number of halogens is 1. The van der Waals surface area contributed by atoms with Crippen LogP contribution in [0.5, 0.6) is 11.5 Å². The molecule has 1 amide bonds. The Hall–Kier alpha value is -2.90. The predicted molar refractivity (Wildman–Crippen MR) is 124 cm³/mol. The molecule has 0 heterocycles. The third-order valence-corrected chi connectivity index (χ3v) is 6.17. The van der Waals surface area contributed by atoms with E-state index in [9.17, 15) is 19.4 Å². The van der Waals surface area contributed by atoms with E-state index in [1.165, 1.54) is 24.4 Å². The predicted octanol–water partition coefficient (Wildman–Crippen LogP) is 4.56. The van der Waals surface area contributed by atoms with Crippen LogP contribution in [-0.2, 0) is 9.09 Å². The Morgan fingerprint density at radius 2 is 1.94 bits per heavy atom. The van der Waals surface area contributed by atoms with Gasteiger partial charge >= 0.3 is 7.60 Å². The molecule has 0 fully saturated rings. The van der Waals surface area contributed by atoms with Crippen LogP contribution in [-0.4, -0.2) is 41.5 Å². The van der Waals surface area contributed by atoms with Gasteiger partial charge in [0, 0.05) is 16.5 Å². The summed E-state index contributed by atoms with van der Waals surface area (Å²) in [6, 6.07) is 15.1. The van der Waals surface area contributed by atoms with Crippen LogP contribution in [0, 0.1) is 0 Å². The maximum atomic E-state index is 12.2. The molecule has 0 spiro atoms. The summed E-state index contributed by atoms with van der Waals surface area (Å²) >= 11 is 5.83. The zero-order chi connectivity index (χ0) is 23.1. The van der Waals surface area contributed by atoms with Gasteiger partial charge in [-0.2, -0.15) is 5.10 Å². The number of phenols is 1. The number of fused-ring (bicyclic) bond motifs is 1. The number of hydrazone groups is 1. The van der Waals surface area contributed by atoms with Gasteiger partial charge in [0.2, 0.25) is 0 Å². The van der Waals surface area contributed by atoms with Gasteiger partial charge in [-0.05, 0) is 42.6 Å². The highest BCUT2D eigenvalue weighted by Gasteiger charge is 2.18. The molecular weight excluding hydrogens is 455 g/mol. The highest BCUT2D eigenvalue weighted by Crippen LogP contribution is 2.41. The first kappa shape index (κ1) is 23.8. The van der Waals surface area contributed by atoms with E-state index in [-0.39, 0.29) is 35.7 Å². The van der Waals surface area contributed by atoms with E-state index in [0.717, 1.165) is 16.3 Å². The first-order chi connectivity index (χ1) is 15.3. The van der Waals surface area contributed by atoms with E-state index in [1.54, 1.807) is 19.1 Å². The van der Waals surface area contributed by atoms with Crippen LogP contribution >= 0.6 is 19.2 Å². The van der Waals surface area contributed by atoms with Crippen LogP contribution < -0.4 is 10.2 Å². The minimum atomic E-state index is -3.66. The minimum absolute atomic E-state index is 0.0243. The number of nitrogens with zero attached hydrogens (tertiary/aromatic N) is 1. The lowest BCUT2D eigenvalue weighted by atomic mass is 10.0. The Labute approximate surface area is 190 Å². The molecule has 0 aliphatic heterocycles. The third-order valence-electron chi connectivity index (χ3n) is 4.46. The molecular formula is C22H22ClN2O6P. The summed E-state index contributed by atoms with van der Waals surface area (Å²) in [4.78, 5) is 21.9. The zero-order valence-corrected chi connectivity index (χ0v) is 18.8. The number of phenolic OH excluding ortho intramolecular Hbond substituents is 1. The summed E-state index contributed by atoms with van der Waals surface area (Å²) in [5, 5.41) is 15.1. The van der Waals surface area contributed by atoms with Crippen molar-refractivity contribution in [2.45, 2.75) is 6.92 Å². The Morgan fingerprint density at radius 1 is 1.19 bits per heavy atom. The molecule has 10 heteroatoms. The van der Waals surface area contributed by atoms with Crippen molar-refractivity contribution in [1.29, 1.82) is 0 Å². The molecule has 3 rings (SSSR count). The van der Waals surface area contributed by atoms with Gasteiger partial charge in [-0.1, -0.05) is 35.9 Å². The van der Waals surface area contributed by atoms with E-state index < -0.39 is 13.5 Å². The second-order valence-corrected chi connectivity index (χ2v) is 9.08. The molecule has 1 atom stereocenters. The Kier molecular flexibility index (Phi) is 7.88. The summed E-state index contributed by atoms with van der Waals surface area (Å²) in [5.74, 6) is -0.0349. The van der Waals surface area contributed by atoms with Gasteiger partial charge in [0.25, 0.3) is 5.91 Å². The standard InChI is InChI=1S/C22H22ClN2O6P/c1-2-31-32(28,29)12-11-30-21-10-8-16(17-5-3-4-6-18(17)21)14-24-25-22(27)15-7-9-20(26)19(23)13-15/h3-10,13-14,26H,2,11-12H2,1H3,(H,25,27)(H,28,29)/b24-14+. The normalized spacial score (nSPS) is 13.2. The number of benzene rings is 3. The quantitative estimate of drug-likeness (QED) is 0.237. The largest absolute Gasteiger partial charge is 0.506 e. The van der Waals surface area contributed by atoms with Crippen molar-refractivity contribution in [3.8, 4) is 11.5 Å². The van der Waals surface area contributed by atoms with Crippen LogP contribution in [0.15, 0.2) is 59.7 Å². The van der Waals surface area contributed by atoms with Crippen LogP contribution in [0.1, 0.15) is 22.8 Å². The van der Waals surface area contributed by atoms with Crippen LogP contribution in [0.2, 0.25) is 5.02 Å². The number of nitrogens with one attached hydrogen (secondary N) is 1. The average Bonchev–Trinajstić information content (AvgIpc) is 2.76. The SMILES string of the molecule is CCOP(=O)(O)CCOc1ccc(/C=N/NC(=O)c2ccc(O)c(Cl)c2)c2ccccc12. The summed E-state index contributed by atoms with van der Waals surface area (Å²) in [7, 11) is -3.66. The first-order valence-corrected chi connectivity index (χ1v) is 11.9. The molecule has 32 heavy (non-hydrogen) atoms. The number of carbonyl (C=O) groups is 1. The fraction of sp³-hybridized carbons (Fsp3) is 0.182. The fourth-order valence-electron chi connectivity index (χ4n) is 2.94. The molecule has 0 saturated carbocycles. The maximum Gasteiger partial charge on any atom is 0.331 e. The van der Waals surface area contributed by atoms with Crippen molar-refractivity contribution in [1.82, 2.24) is 5.43 Å². The van der Waals surface area contributed by atoms with Gasteiger partial charge < -0.3 is 19.3 Å². The molecule has 3 aromatic rings. The molecule has 8 nitrogen and oxygen atoms in total. The smallest absolute Gasteiger partial charge is 0.331 e. The number of hydrogen-bond acceptors (Lipinski definition) is 6. The van der Waals surface area contributed by atoms with E-state index in [2.05, 4.69) is 10.5 Å². The van der Waals surface area contributed by atoms with Gasteiger partial charge in [0.15, 0.2) is 0 Å². The van der Waals surface area contributed by atoms with Crippen molar-refractivity contribution in [2.24, 2.45) is 5.10 Å². The van der Waals surface area contributed by atoms with Crippen LogP contribution in [0.3, 0.4) is 0 Å². The van der Waals surface area contributed by atoms with Crippen molar-refractivity contribution in [3.05, 3.63) is 70.7 Å². The topological polar surface area (TPSA) is 117 Å². The number of amides is 1. The fourth-order valence-corrected chi connectivity index (χ4v) is 3.98. The monoisotopic (exact) mass is 476 g/mol. The van der Waals surface area contributed by atoms with Gasteiger partial charge in [-0.15, -0.1) is 0 Å². The number of rotatable bonds is 9. The number of ether oxygens (including phenoxy) is 1. The summed E-state index contributed by atoms with van der Waals surface area (Å²) < 4.78 is 22.4. The number of hydrogen-bond donors (Lipinski definition) is 3. The molecule has 0 aromatic heterocycles. The number of carbonyl (C=O) groups excluding carboxylic acids is 1. The van der Waals surface area contributed by atoms with Crippen molar-refractivity contribution in [3.63, 3.8) is 0 Å². The second-order valence-electron chi connectivity index (χ2n) is 6.69. The number of aromatic hydroxyl groups is 1. The lowest BCUT2D eigenvalue weighted by molar-refractivity contribution is 0.0955. The Balaban J connectivity index is 1.72. The molecule has 0 bridgehead atoms. The summed E-state index contributed by atoms with van der Waals surface area (Å²) in [5.41, 5.74) is 3.41. The lowest BCUT2D eigenvalue weighted by Gasteiger charge is -2.13. The van der Waals surface area contributed by atoms with Crippen LogP contribution in [0.4, 0.5) is 0 Å². The Bertz CT molecular complexity index is 1200. The first-order valence-electron chi connectivity index (χ1n) is 9.73. The summed E-state index contributed by atoms with van der Waals surface area (Å²) in [6.07, 6.45) is 1.38. The molecule has 0 aliphatic carbocycles. The molecule has 3 aromatic carbocycles. The van der Waals surface area contributed by atoms with E-state index in [4.69, 9.17) is 20.9 Å². The molecule has 3 N–H and O–H groups in total. The maximum absolute atomic E-state index is 12.2. The van der Waals surface area contributed by atoms with E-state index >= 15 is 0 Å². The van der Waals surface area contributed by atoms with Gasteiger partial charge in [-0.3, -0.25) is 9.36 Å². The van der Waals surface area contributed by atoms with E-state index in [0.29, 0.717) is 5.75 Å². The van der Waals surface area contributed by atoms with Crippen molar-refractivity contribution < 1.29 is 28.6 Å². The molecule has 0 radical (unpaired) electrons. The van der Waals surface area contributed by atoms with Gasteiger partial charge in [-0.25, -0.2) is 5.43 Å². The van der Waals surface area contributed by atoms with Crippen molar-refractivity contribution >= 4 is 42.1 Å². The second kappa shape index (κ2) is 10.6. The van der Waals surface area contributed by atoms with Gasteiger partial charge in [0.05, 0.1) is 30.6 Å². The van der Waals surface area contributed by atoms with E-state index in [1.807, 2.05) is 24.3 Å². The lowest BCUT2D eigenvalue weighted by Crippen LogP contribution is -2.17. The summed E-state index contributed by atoms with van der Waals surface area (Å²) in [6.45, 7) is 1.83. The zero-order valence-electron chi connectivity index (χ0n) is 17.2. The Morgan fingerprint density at radius 3 is 2.66 bits per heavy atom. The van der Waals surface area contributed by atoms with Gasteiger partial charge in [0.1, 0.15) is 11.5 Å².